The molecule has 0 spiro atoms. The number of phenols is 1. The Kier molecular flexibility index (Phi) is 4.53. The largest absolute Gasteiger partial charge is 0.506 e. The zero-order valence-corrected chi connectivity index (χ0v) is 9.41. The SMILES string of the molecule is O=C(O)c1cc(NCC(O)CCl)c(O)cc1F. The van der Waals surface area contributed by atoms with Gasteiger partial charge in [0.05, 0.1) is 23.2 Å². The van der Waals surface area contributed by atoms with Gasteiger partial charge in [0.2, 0.25) is 0 Å². The van der Waals surface area contributed by atoms with Crippen molar-refractivity contribution < 1.29 is 24.5 Å². The Labute approximate surface area is 101 Å². The first-order valence-electron chi connectivity index (χ1n) is 4.69. The van der Waals surface area contributed by atoms with Crippen molar-refractivity contribution in [1.82, 2.24) is 0 Å². The molecule has 17 heavy (non-hydrogen) atoms. The standard InChI is InChI=1S/C10H11ClFNO4/c11-3-5(14)4-13-8-1-6(10(16)17)7(12)2-9(8)15/h1-2,5,13-15H,3-4H2,(H,16,17). The second-order valence-electron chi connectivity index (χ2n) is 3.34. The highest BCUT2D eigenvalue weighted by Gasteiger charge is 2.15. The number of alkyl halides is 1. The second-order valence-corrected chi connectivity index (χ2v) is 3.65. The van der Waals surface area contributed by atoms with E-state index >= 15 is 0 Å². The molecule has 0 saturated carbocycles. The van der Waals surface area contributed by atoms with Crippen LogP contribution in [0.3, 0.4) is 0 Å². The van der Waals surface area contributed by atoms with Gasteiger partial charge < -0.3 is 20.6 Å². The summed E-state index contributed by atoms with van der Waals surface area (Å²) in [6, 6.07) is 1.65. The molecule has 1 unspecified atom stereocenters. The second kappa shape index (κ2) is 5.70. The summed E-state index contributed by atoms with van der Waals surface area (Å²) in [7, 11) is 0. The van der Waals surface area contributed by atoms with E-state index in [1.54, 1.807) is 0 Å². The summed E-state index contributed by atoms with van der Waals surface area (Å²) < 4.78 is 13.1. The average molecular weight is 264 g/mol. The van der Waals surface area contributed by atoms with E-state index in [1.807, 2.05) is 0 Å². The van der Waals surface area contributed by atoms with E-state index in [-0.39, 0.29) is 18.1 Å². The molecule has 1 aromatic carbocycles. The maximum absolute atomic E-state index is 13.1. The lowest BCUT2D eigenvalue weighted by atomic mass is 10.1. The van der Waals surface area contributed by atoms with Crippen LogP contribution in [-0.4, -0.2) is 39.8 Å². The third kappa shape index (κ3) is 3.47. The lowest BCUT2D eigenvalue weighted by Gasteiger charge is -2.12. The molecule has 4 N–H and O–H groups in total. The Morgan fingerprint density at radius 3 is 2.71 bits per heavy atom. The van der Waals surface area contributed by atoms with Crippen molar-refractivity contribution in [2.45, 2.75) is 6.10 Å². The molecule has 0 amide bonds. The molecule has 0 aliphatic carbocycles. The summed E-state index contributed by atoms with van der Waals surface area (Å²) in [6.07, 6.45) is -0.852. The van der Waals surface area contributed by atoms with Crippen molar-refractivity contribution in [3.8, 4) is 5.75 Å². The number of rotatable bonds is 5. The number of hydrogen-bond acceptors (Lipinski definition) is 4. The number of benzene rings is 1. The maximum atomic E-state index is 13.1. The lowest BCUT2D eigenvalue weighted by molar-refractivity contribution is 0.0692. The van der Waals surface area contributed by atoms with E-state index in [2.05, 4.69) is 5.32 Å². The molecule has 94 valence electrons. The summed E-state index contributed by atoms with van der Waals surface area (Å²) in [4.78, 5) is 10.7. The van der Waals surface area contributed by atoms with Gasteiger partial charge in [-0.05, 0) is 6.07 Å². The van der Waals surface area contributed by atoms with Crippen LogP contribution < -0.4 is 5.32 Å². The van der Waals surface area contributed by atoms with Crippen molar-refractivity contribution in [2.75, 3.05) is 17.7 Å². The highest BCUT2D eigenvalue weighted by atomic mass is 35.5. The van der Waals surface area contributed by atoms with Crippen LogP contribution in [0.25, 0.3) is 0 Å². The number of carbonyl (C=O) groups is 1. The van der Waals surface area contributed by atoms with Gasteiger partial charge in [0.25, 0.3) is 0 Å². The van der Waals surface area contributed by atoms with Gasteiger partial charge in [0.1, 0.15) is 11.6 Å². The number of aromatic carboxylic acids is 1. The number of phenolic OH excluding ortho intramolecular Hbond substituents is 1. The molecule has 1 rings (SSSR count). The number of aliphatic hydroxyl groups is 1. The molecule has 5 nitrogen and oxygen atoms in total. The smallest absolute Gasteiger partial charge is 0.338 e. The summed E-state index contributed by atoms with van der Waals surface area (Å²) >= 11 is 5.36. The summed E-state index contributed by atoms with van der Waals surface area (Å²) in [5, 5.41) is 29.8. The van der Waals surface area contributed by atoms with Crippen LogP contribution in [-0.2, 0) is 0 Å². The fraction of sp³-hybridized carbons (Fsp3) is 0.300. The monoisotopic (exact) mass is 263 g/mol. The van der Waals surface area contributed by atoms with Crippen LogP contribution in [0, 0.1) is 5.82 Å². The van der Waals surface area contributed by atoms with E-state index in [0.717, 1.165) is 6.07 Å². The number of aromatic hydroxyl groups is 1. The van der Waals surface area contributed by atoms with Gasteiger partial charge in [0, 0.05) is 12.6 Å². The van der Waals surface area contributed by atoms with Crippen molar-refractivity contribution in [1.29, 1.82) is 0 Å². The predicted molar refractivity (Wildman–Crippen MR) is 60.2 cm³/mol. The van der Waals surface area contributed by atoms with Crippen molar-refractivity contribution >= 4 is 23.3 Å². The molecule has 0 saturated heterocycles. The highest BCUT2D eigenvalue weighted by molar-refractivity contribution is 6.18. The predicted octanol–water partition coefficient (Wildman–Crippen LogP) is 1.24. The van der Waals surface area contributed by atoms with Crippen molar-refractivity contribution in [3.63, 3.8) is 0 Å². The van der Waals surface area contributed by atoms with E-state index in [9.17, 15) is 19.4 Å². The third-order valence-corrected chi connectivity index (χ3v) is 2.38. The summed E-state index contributed by atoms with van der Waals surface area (Å²) in [5.74, 6) is -2.92. The minimum Gasteiger partial charge on any atom is -0.506 e. The number of carboxylic acids is 1. The quantitative estimate of drug-likeness (QED) is 0.474. The van der Waals surface area contributed by atoms with Gasteiger partial charge in [-0.3, -0.25) is 0 Å². The van der Waals surface area contributed by atoms with Gasteiger partial charge in [-0.1, -0.05) is 0 Å². The molecular formula is C10H11ClFNO4. The summed E-state index contributed by atoms with van der Waals surface area (Å²) in [5.41, 5.74) is -0.543. The van der Waals surface area contributed by atoms with Crippen molar-refractivity contribution in [3.05, 3.63) is 23.5 Å². The number of halogens is 2. The Bertz CT molecular complexity index is 427. The van der Waals surface area contributed by atoms with Crippen LogP contribution in [0.5, 0.6) is 5.75 Å². The Balaban J connectivity index is 2.92. The molecule has 7 heteroatoms. The summed E-state index contributed by atoms with van der Waals surface area (Å²) in [6.45, 7) is 0.0156. The van der Waals surface area contributed by atoms with Gasteiger partial charge in [-0.2, -0.15) is 0 Å². The van der Waals surface area contributed by atoms with Crippen LogP contribution in [0.4, 0.5) is 10.1 Å². The fourth-order valence-electron chi connectivity index (χ4n) is 1.15. The molecule has 0 fully saturated rings. The van der Waals surface area contributed by atoms with Gasteiger partial charge in [-0.15, -0.1) is 11.6 Å². The van der Waals surface area contributed by atoms with Gasteiger partial charge in [0.15, 0.2) is 0 Å². The number of anilines is 1. The van der Waals surface area contributed by atoms with E-state index in [0.29, 0.717) is 6.07 Å². The van der Waals surface area contributed by atoms with Gasteiger partial charge in [-0.25, -0.2) is 9.18 Å². The Morgan fingerprint density at radius 2 is 2.18 bits per heavy atom. The molecule has 0 heterocycles. The number of aliphatic hydroxyl groups excluding tert-OH is 1. The molecule has 1 atom stereocenters. The highest BCUT2D eigenvalue weighted by Crippen LogP contribution is 2.26. The minimum absolute atomic E-state index is 0.0132. The van der Waals surface area contributed by atoms with Crippen molar-refractivity contribution in [2.24, 2.45) is 0 Å². The lowest BCUT2D eigenvalue weighted by Crippen LogP contribution is -2.21. The van der Waals surface area contributed by atoms with Gasteiger partial charge >= 0.3 is 5.97 Å². The van der Waals surface area contributed by atoms with Crippen LogP contribution in [0.1, 0.15) is 10.4 Å². The third-order valence-electron chi connectivity index (χ3n) is 2.02. The number of nitrogens with one attached hydrogen (secondary N) is 1. The van der Waals surface area contributed by atoms with Crippen LogP contribution in [0.2, 0.25) is 0 Å². The topological polar surface area (TPSA) is 89.8 Å². The molecule has 1 aromatic rings. The Hall–Kier alpha value is -1.53. The maximum Gasteiger partial charge on any atom is 0.338 e. The fourth-order valence-corrected chi connectivity index (χ4v) is 1.26. The van der Waals surface area contributed by atoms with Crippen LogP contribution in [0.15, 0.2) is 12.1 Å². The average Bonchev–Trinajstić information content (AvgIpc) is 2.26. The van der Waals surface area contributed by atoms with Crippen LogP contribution >= 0.6 is 11.6 Å². The molecule has 0 aliphatic rings. The molecule has 0 radical (unpaired) electrons. The number of carboxylic acid groups (broad SMARTS) is 1. The normalized spacial score (nSPS) is 12.2. The first-order valence-corrected chi connectivity index (χ1v) is 5.23. The molecule has 0 aliphatic heterocycles. The van der Waals surface area contributed by atoms with E-state index < -0.39 is 29.2 Å². The molecule has 0 aromatic heterocycles. The van der Waals surface area contributed by atoms with E-state index in [4.69, 9.17) is 16.7 Å². The zero-order valence-electron chi connectivity index (χ0n) is 8.65. The Morgan fingerprint density at radius 1 is 1.53 bits per heavy atom. The molecular weight excluding hydrogens is 253 g/mol. The molecule has 0 bridgehead atoms. The first kappa shape index (κ1) is 13.5. The first-order chi connectivity index (χ1) is 7.95. The number of hydrogen-bond donors (Lipinski definition) is 4. The zero-order chi connectivity index (χ0) is 13.0. The van der Waals surface area contributed by atoms with E-state index in [1.165, 1.54) is 0 Å². The minimum atomic E-state index is -1.44.